The summed E-state index contributed by atoms with van der Waals surface area (Å²) in [5.41, 5.74) is 0. The number of unbranched alkanes of at least 4 members (excludes halogenated alkanes) is 2. The van der Waals surface area contributed by atoms with Gasteiger partial charge in [-0.1, -0.05) is 19.8 Å². The van der Waals surface area contributed by atoms with Gasteiger partial charge in [0.1, 0.15) is 0 Å². The highest BCUT2D eigenvalue weighted by atomic mass is 32.1. The first-order valence-electron chi connectivity index (χ1n) is 5.79. The molecule has 0 unspecified atom stereocenters. The standard InChI is InChI=1S/C12H18N2O2S/c1-3-4-5-8-13-12(16)10-6-7-11(17-10)14-9(2)15/h6-7H,3-5,8H2,1-2H3,(H,13,16)(H,14,15). The Bertz CT molecular complexity index is 388. The fourth-order valence-corrected chi connectivity index (χ4v) is 2.23. The van der Waals surface area contributed by atoms with E-state index in [-0.39, 0.29) is 11.8 Å². The van der Waals surface area contributed by atoms with Gasteiger partial charge in [0.2, 0.25) is 5.91 Å². The summed E-state index contributed by atoms with van der Waals surface area (Å²) in [6, 6.07) is 3.47. The van der Waals surface area contributed by atoms with Crippen LogP contribution < -0.4 is 10.6 Å². The van der Waals surface area contributed by atoms with Crippen molar-refractivity contribution in [2.45, 2.75) is 33.1 Å². The van der Waals surface area contributed by atoms with Crippen LogP contribution in [0.3, 0.4) is 0 Å². The summed E-state index contributed by atoms with van der Waals surface area (Å²) >= 11 is 1.29. The van der Waals surface area contributed by atoms with E-state index >= 15 is 0 Å². The predicted molar refractivity (Wildman–Crippen MR) is 70.5 cm³/mol. The number of rotatable bonds is 6. The summed E-state index contributed by atoms with van der Waals surface area (Å²) < 4.78 is 0. The van der Waals surface area contributed by atoms with Crippen LogP contribution in [0.25, 0.3) is 0 Å². The van der Waals surface area contributed by atoms with E-state index in [4.69, 9.17) is 0 Å². The van der Waals surface area contributed by atoms with Crippen molar-refractivity contribution in [1.82, 2.24) is 5.32 Å². The molecule has 1 rings (SSSR count). The van der Waals surface area contributed by atoms with E-state index in [9.17, 15) is 9.59 Å². The lowest BCUT2D eigenvalue weighted by Gasteiger charge is -2.02. The van der Waals surface area contributed by atoms with E-state index in [2.05, 4.69) is 17.6 Å². The van der Waals surface area contributed by atoms with Gasteiger partial charge in [-0.05, 0) is 18.6 Å². The van der Waals surface area contributed by atoms with Gasteiger partial charge in [0.15, 0.2) is 0 Å². The van der Waals surface area contributed by atoms with Gasteiger partial charge in [0.25, 0.3) is 5.91 Å². The molecule has 1 aromatic rings. The average molecular weight is 254 g/mol. The summed E-state index contributed by atoms with van der Waals surface area (Å²) in [5, 5.41) is 6.22. The third-order valence-corrected chi connectivity index (χ3v) is 3.19. The Morgan fingerprint density at radius 3 is 2.71 bits per heavy atom. The number of nitrogens with one attached hydrogen (secondary N) is 2. The zero-order valence-electron chi connectivity index (χ0n) is 10.2. The number of anilines is 1. The molecule has 0 radical (unpaired) electrons. The van der Waals surface area contributed by atoms with Crippen molar-refractivity contribution in [3.8, 4) is 0 Å². The summed E-state index contributed by atoms with van der Waals surface area (Å²) in [4.78, 5) is 23.2. The fourth-order valence-electron chi connectivity index (χ4n) is 1.36. The van der Waals surface area contributed by atoms with Crippen LogP contribution in [0, 0.1) is 0 Å². The van der Waals surface area contributed by atoms with Crippen molar-refractivity contribution in [2.24, 2.45) is 0 Å². The third kappa shape index (κ3) is 4.99. The Kier molecular flexibility index (Phi) is 5.69. The Morgan fingerprint density at radius 2 is 2.06 bits per heavy atom. The number of hydrogen-bond acceptors (Lipinski definition) is 3. The van der Waals surface area contributed by atoms with E-state index in [1.165, 1.54) is 18.3 Å². The van der Waals surface area contributed by atoms with Crippen LogP contribution in [-0.4, -0.2) is 18.4 Å². The molecular weight excluding hydrogens is 236 g/mol. The second-order valence-electron chi connectivity index (χ2n) is 3.81. The maximum atomic E-state index is 11.7. The molecule has 17 heavy (non-hydrogen) atoms. The third-order valence-electron chi connectivity index (χ3n) is 2.19. The van der Waals surface area contributed by atoms with Crippen LogP contribution in [0.15, 0.2) is 12.1 Å². The van der Waals surface area contributed by atoms with Gasteiger partial charge < -0.3 is 10.6 Å². The van der Waals surface area contributed by atoms with E-state index in [0.717, 1.165) is 19.3 Å². The summed E-state index contributed by atoms with van der Waals surface area (Å²) in [6.07, 6.45) is 3.27. The topological polar surface area (TPSA) is 58.2 Å². The van der Waals surface area contributed by atoms with Gasteiger partial charge in [0.05, 0.1) is 9.88 Å². The van der Waals surface area contributed by atoms with Gasteiger partial charge in [-0.25, -0.2) is 0 Å². The normalized spacial score (nSPS) is 10.0. The molecule has 2 amide bonds. The highest BCUT2D eigenvalue weighted by Gasteiger charge is 2.08. The van der Waals surface area contributed by atoms with Crippen molar-refractivity contribution in [3.63, 3.8) is 0 Å². The number of carbonyl (C=O) groups is 2. The first-order valence-corrected chi connectivity index (χ1v) is 6.60. The first-order chi connectivity index (χ1) is 8.13. The lowest BCUT2D eigenvalue weighted by molar-refractivity contribution is -0.114. The Morgan fingerprint density at radius 1 is 1.29 bits per heavy atom. The molecule has 1 heterocycles. The molecule has 94 valence electrons. The van der Waals surface area contributed by atoms with Crippen LogP contribution in [0.5, 0.6) is 0 Å². The second-order valence-corrected chi connectivity index (χ2v) is 4.89. The highest BCUT2D eigenvalue weighted by molar-refractivity contribution is 7.18. The number of amides is 2. The van der Waals surface area contributed by atoms with Gasteiger partial charge in [0, 0.05) is 13.5 Å². The van der Waals surface area contributed by atoms with Crippen LogP contribution in [0.4, 0.5) is 5.00 Å². The smallest absolute Gasteiger partial charge is 0.261 e. The number of carbonyl (C=O) groups excluding carboxylic acids is 2. The van der Waals surface area contributed by atoms with E-state index in [0.29, 0.717) is 16.4 Å². The molecule has 4 nitrogen and oxygen atoms in total. The van der Waals surface area contributed by atoms with Crippen molar-refractivity contribution >= 4 is 28.2 Å². The Balaban J connectivity index is 2.41. The summed E-state index contributed by atoms with van der Waals surface area (Å²) in [7, 11) is 0. The highest BCUT2D eigenvalue weighted by Crippen LogP contribution is 2.21. The van der Waals surface area contributed by atoms with Crippen molar-refractivity contribution in [2.75, 3.05) is 11.9 Å². The monoisotopic (exact) mass is 254 g/mol. The zero-order valence-corrected chi connectivity index (χ0v) is 11.0. The molecule has 0 atom stereocenters. The molecule has 0 aliphatic rings. The molecule has 0 fully saturated rings. The van der Waals surface area contributed by atoms with Crippen molar-refractivity contribution in [1.29, 1.82) is 0 Å². The minimum atomic E-state index is -0.123. The van der Waals surface area contributed by atoms with Gasteiger partial charge in [-0.3, -0.25) is 9.59 Å². The molecular formula is C12H18N2O2S. The SMILES string of the molecule is CCCCCNC(=O)c1ccc(NC(C)=O)s1. The minimum absolute atomic E-state index is 0.0669. The molecule has 0 aliphatic heterocycles. The molecule has 0 bridgehead atoms. The van der Waals surface area contributed by atoms with Crippen LogP contribution in [-0.2, 0) is 4.79 Å². The largest absolute Gasteiger partial charge is 0.351 e. The molecule has 0 saturated carbocycles. The molecule has 2 N–H and O–H groups in total. The van der Waals surface area contributed by atoms with Gasteiger partial charge in [-0.2, -0.15) is 0 Å². The minimum Gasteiger partial charge on any atom is -0.351 e. The lowest BCUT2D eigenvalue weighted by atomic mass is 10.2. The molecule has 0 aromatic carbocycles. The van der Waals surface area contributed by atoms with E-state index < -0.39 is 0 Å². The Hall–Kier alpha value is -1.36. The van der Waals surface area contributed by atoms with E-state index in [1.54, 1.807) is 12.1 Å². The quantitative estimate of drug-likeness (QED) is 0.767. The molecule has 0 aliphatic carbocycles. The van der Waals surface area contributed by atoms with Crippen LogP contribution in [0.1, 0.15) is 42.8 Å². The summed E-state index contributed by atoms with van der Waals surface area (Å²) in [6.45, 7) is 4.28. The average Bonchev–Trinajstić information content (AvgIpc) is 2.71. The van der Waals surface area contributed by atoms with E-state index in [1.807, 2.05) is 0 Å². The molecule has 1 aromatic heterocycles. The second kappa shape index (κ2) is 7.06. The maximum absolute atomic E-state index is 11.7. The molecule has 5 heteroatoms. The van der Waals surface area contributed by atoms with Gasteiger partial charge >= 0.3 is 0 Å². The summed E-state index contributed by atoms with van der Waals surface area (Å²) in [5.74, 6) is -0.190. The number of hydrogen-bond donors (Lipinski definition) is 2. The fraction of sp³-hybridized carbons (Fsp3) is 0.500. The predicted octanol–water partition coefficient (Wildman–Crippen LogP) is 2.63. The first kappa shape index (κ1) is 13.7. The van der Waals surface area contributed by atoms with Crippen molar-refractivity contribution < 1.29 is 9.59 Å². The zero-order chi connectivity index (χ0) is 12.7. The van der Waals surface area contributed by atoms with Gasteiger partial charge in [-0.15, -0.1) is 11.3 Å². The Labute approximate surface area is 105 Å². The van der Waals surface area contributed by atoms with Crippen LogP contribution in [0.2, 0.25) is 0 Å². The van der Waals surface area contributed by atoms with Crippen LogP contribution >= 0.6 is 11.3 Å². The lowest BCUT2D eigenvalue weighted by Crippen LogP contribution is -2.23. The number of thiophene rings is 1. The maximum Gasteiger partial charge on any atom is 0.261 e. The van der Waals surface area contributed by atoms with Crippen molar-refractivity contribution in [3.05, 3.63) is 17.0 Å². The molecule has 0 saturated heterocycles. The molecule has 0 spiro atoms.